The van der Waals surface area contributed by atoms with Crippen LogP contribution in [0.1, 0.15) is 20.8 Å². The van der Waals surface area contributed by atoms with Gasteiger partial charge >= 0.3 is 6.09 Å². The van der Waals surface area contributed by atoms with Gasteiger partial charge in [0, 0.05) is 13.7 Å². The Kier molecular flexibility index (Phi) is 4.98. The number of carbonyl (C=O) groups excluding carboxylic acids is 1. The van der Waals surface area contributed by atoms with E-state index in [0.29, 0.717) is 19.6 Å². The molecule has 106 valence electrons. The molecular formula is C14H22N2O3. The van der Waals surface area contributed by atoms with Gasteiger partial charge in [-0.3, -0.25) is 0 Å². The molecule has 0 aliphatic carbocycles. The number of methoxy groups -OCH3 is 1. The van der Waals surface area contributed by atoms with Crippen molar-refractivity contribution in [3.05, 3.63) is 12.2 Å². The predicted molar refractivity (Wildman–Crippen MR) is 73.5 cm³/mol. The van der Waals surface area contributed by atoms with Crippen LogP contribution in [0, 0.1) is 11.8 Å². The molecule has 0 unspecified atom stereocenters. The largest absolute Gasteiger partial charge is 0.444 e. The normalized spacial score (nSPS) is 17.6. The molecule has 0 bridgehead atoms. The number of hydrogen-bond acceptors (Lipinski definition) is 4. The van der Waals surface area contributed by atoms with Crippen molar-refractivity contribution >= 4 is 6.09 Å². The average Bonchev–Trinajstić information content (AvgIpc) is 2.24. The quantitative estimate of drug-likeness (QED) is 0.761. The molecule has 0 aromatic rings. The fraction of sp³-hybridized carbons (Fsp3) is 0.643. The Morgan fingerprint density at radius 2 is 2.11 bits per heavy atom. The lowest BCUT2D eigenvalue weighted by Gasteiger charge is -2.45. The summed E-state index contributed by atoms with van der Waals surface area (Å²) >= 11 is 0. The fourth-order valence-corrected chi connectivity index (χ4v) is 1.59. The smallest absolute Gasteiger partial charge is 0.410 e. The van der Waals surface area contributed by atoms with E-state index in [9.17, 15) is 4.79 Å². The zero-order valence-corrected chi connectivity index (χ0v) is 12.0. The van der Waals surface area contributed by atoms with Crippen molar-refractivity contribution in [2.24, 2.45) is 5.73 Å². The Bertz CT molecular complexity index is 407. The molecular weight excluding hydrogens is 244 g/mol. The number of carbonyl (C=O) groups is 1. The van der Waals surface area contributed by atoms with E-state index in [1.807, 2.05) is 20.8 Å². The second-order valence-corrected chi connectivity index (χ2v) is 5.44. The van der Waals surface area contributed by atoms with Crippen molar-refractivity contribution in [1.82, 2.24) is 4.90 Å². The summed E-state index contributed by atoms with van der Waals surface area (Å²) in [6, 6.07) is 0. The van der Waals surface area contributed by atoms with Crippen LogP contribution in [0.15, 0.2) is 12.2 Å². The van der Waals surface area contributed by atoms with E-state index in [1.165, 1.54) is 0 Å². The third kappa shape index (κ3) is 4.58. The van der Waals surface area contributed by atoms with Gasteiger partial charge in [-0.25, -0.2) is 4.79 Å². The van der Waals surface area contributed by atoms with Crippen LogP contribution in [-0.4, -0.2) is 48.9 Å². The first-order valence-corrected chi connectivity index (χ1v) is 6.23. The van der Waals surface area contributed by atoms with Crippen LogP contribution in [0.25, 0.3) is 0 Å². The van der Waals surface area contributed by atoms with Gasteiger partial charge < -0.3 is 20.1 Å². The lowest BCUT2D eigenvalue weighted by Crippen LogP contribution is -2.64. The fourth-order valence-electron chi connectivity index (χ4n) is 1.59. The second-order valence-electron chi connectivity index (χ2n) is 5.44. The summed E-state index contributed by atoms with van der Waals surface area (Å²) in [5.41, 5.74) is 4.25. The van der Waals surface area contributed by atoms with Crippen molar-refractivity contribution in [2.75, 3.05) is 26.7 Å². The maximum atomic E-state index is 11.8. The molecule has 0 aromatic carbocycles. The van der Waals surface area contributed by atoms with Crippen LogP contribution in [0.5, 0.6) is 0 Å². The number of nitrogens with zero attached hydrogens (tertiary/aromatic N) is 1. The third-order valence-electron chi connectivity index (χ3n) is 2.57. The predicted octanol–water partition coefficient (Wildman–Crippen LogP) is 1.14. The molecule has 5 nitrogen and oxygen atoms in total. The Hall–Kier alpha value is -1.51. The highest BCUT2D eigenvalue weighted by Crippen LogP contribution is 2.25. The van der Waals surface area contributed by atoms with E-state index in [0.717, 1.165) is 0 Å². The number of hydrogen-bond donors (Lipinski definition) is 1. The summed E-state index contributed by atoms with van der Waals surface area (Å²) in [5.74, 6) is 5.87. The number of rotatable bonds is 2. The molecule has 0 atom stereocenters. The zero-order chi connectivity index (χ0) is 14.5. The Morgan fingerprint density at radius 3 is 2.58 bits per heavy atom. The Morgan fingerprint density at radius 1 is 1.47 bits per heavy atom. The highest BCUT2D eigenvalue weighted by atomic mass is 16.6. The van der Waals surface area contributed by atoms with Crippen LogP contribution >= 0.6 is 0 Å². The van der Waals surface area contributed by atoms with Crippen LogP contribution < -0.4 is 5.73 Å². The Balaban J connectivity index is 2.54. The molecule has 1 saturated heterocycles. The van der Waals surface area contributed by atoms with Gasteiger partial charge in [0.2, 0.25) is 0 Å². The van der Waals surface area contributed by atoms with Gasteiger partial charge in [0.1, 0.15) is 5.60 Å². The third-order valence-corrected chi connectivity index (χ3v) is 2.57. The average molecular weight is 266 g/mol. The van der Waals surface area contributed by atoms with Gasteiger partial charge in [-0.15, -0.1) is 0 Å². The minimum absolute atomic E-state index is 0.334. The molecule has 0 saturated carbocycles. The van der Waals surface area contributed by atoms with Crippen LogP contribution in [0.4, 0.5) is 4.79 Å². The molecule has 1 amide bonds. The van der Waals surface area contributed by atoms with Gasteiger partial charge in [-0.1, -0.05) is 17.9 Å². The molecule has 0 spiro atoms. The zero-order valence-electron chi connectivity index (χ0n) is 12.0. The first-order valence-electron chi connectivity index (χ1n) is 6.23. The van der Waals surface area contributed by atoms with Gasteiger partial charge in [0.05, 0.1) is 13.1 Å². The summed E-state index contributed by atoms with van der Waals surface area (Å²) in [7, 11) is 1.59. The molecule has 1 rings (SSSR count). The lowest BCUT2D eigenvalue weighted by atomic mass is 9.95. The lowest BCUT2D eigenvalue weighted by molar-refractivity contribution is -0.0851. The van der Waals surface area contributed by atoms with Gasteiger partial charge in [0.25, 0.3) is 0 Å². The molecule has 1 aliphatic heterocycles. The Labute approximate surface area is 114 Å². The molecule has 0 radical (unpaired) electrons. The molecule has 1 aliphatic rings. The first-order chi connectivity index (χ1) is 8.82. The number of allylic oxidation sites excluding steroid dienone is 1. The maximum absolute atomic E-state index is 11.8. The minimum Gasteiger partial charge on any atom is -0.444 e. The van der Waals surface area contributed by atoms with E-state index in [4.69, 9.17) is 15.2 Å². The van der Waals surface area contributed by atoms with E-state index >= 15 is 0 Å². The highest BCUT2D eigenvalue weighted by Gasteiger charge is 2.46. The molecule has 0 aromatic heterocycles. The van der Waals surface area contributed by atoms with Crippen molar-refractivity contribution in [3.8, 4) is 11.8 Å². The SMILES string of the molecule is COC1(C#C/C=C/CN)CN(C(=O)OC(C)(C)C)C1. The van der Waals surface area contributed by atoms with Gasteiger partial charge in [-0.05, 0) is 26.8 Å². The van der Waals surface area contributed by atoms with Crippen LogP contribution in [0.2, 0.25) is 0 Å². The number of likely N-dealkylation sites (tertiary alicyclic amines) is 1. The second kappa shape index (κ2) is 6.09. The molecule has 19 heavy (non-hydrogen) atoms. The molecule has 1 heterocycles. The first kappa shape index (κ1) is 15.5. The molecule has 2 N–H and O–H groups in total. The van der Waals surface area contributed by atoms with E-state index in [1.54, 1.807) is 24.2 Å². The summed E-state index contributed by atoms with van der Waals surface area (Å²) in [6.45, 7) is 6.81. The monoisotopic (exact) mass is 266 g/mol. The van der Waals surface area contributed by atoms with Gasteiger partial charge in [-0.2, -0.15) is 0 Å². The standard InChI is InChI=1S/C14H22N2O3/c1-13(2,3)19-12(17)16-10-14(11-16,18-4)8-6-5-7-9-15/h5,7H,9-11,15H2,1-4H3/b7-5+. The minimum atomic E-state index is -0.587. The summed E-state index contributed by atoms with van der Waals surface area (Å²) < 4.78 is 10.7. The topological polar surface area (TPSA) is 64.8 Å². The number of nitrogens with two attached hydrogens (primary N) is 1. The van der Waals surface area contributed by atoms with E-state index in [2.05, 4.69) is 11.8 Å². The number of ether oxygens (including phenoxy) is 2. The summed E-state index contributed by atoms with van der Waals surface area (Å²) in [4.78, 5) is 13.4. The molecule has 1 fully saturated rings. The highest BCUT2D eigenvalue weighted by molar-refractivity contribution is 5.70. The van der Waals surface area contributed by atoms with Crippen molar-refractivity contribution in [3.63, 3.8) is 0 Å². The maximum Gasteiger partial charge on any atom is 0.410 e. The van der Waals surface area contributed by atoms with E-state index in [-0.39, 0.29) is 6.09 Å². The van der Waals surface area contributed by atoms with Crippen molar-refractivity contribution in [1.29, 1.82) is 0 Å². The molecule has 5 heteroatoms. The van der Waals surface area contributed by atoms with Gasteiger partial charge in [0.15, 0.2) is 5.60 Å². The van der Waals surface area contributed by atoms with Crippen LogP contribution in [-0.2, 0) is 9.47 Å². The summed E-state index contributed by atoms with van der Waals surface area (Å²) in [6.07, 6.45) is 3.12. The van der Waals surface area contributed by atoms with Crippen molar-refractivity contribution in [2.45, 2.75) is 32.0 Å². The number of amides is 1. The summed E-state index contributed by atoms with van der Waals surface area (Å²) in [5, 5.41) is 0. The van der Waals surface area contributed by atoms with E-state index < -0.39 is 11.2 Å². The van der Waals surface area contributed by atoms with Crippen molar-refractivity contribution < 1.29 is 14.3 Å². The van der Waals surface area contributed by atoms with Crippen LogP contribution in [0.3, 0.4) is 0 Å².